The molecule has 4 heterocycles. The maximum atomic E-state index is 11.8. The van der Waals surface area contributed by atoms with Gasteiger partial charge in [0.25, 0.3) is 0 Å². The van der Waals surface area contributed by atoms with Gasteiger partial charge in [-0.05, 0) is 64.5 Å². The molecular formula is C27H35N9O2S. The van der Waals surface area contributed by atoms with Gasteiger partial charge in [-0.1, -0.05) is 0 Å². The van der Waals surface area contributed by atoms with Gasteiger partial charge >= 0.3 is 0 Å². The van der Waals surface area contributed by atoms with E-state index in [4.69, 9.17) is 11.6 Å². The minimum atomic E-state index is -3.19. The van der Waals surface area contributed by atoms with E-state index in [0.29, 0.717) is 55.4 Å². The molecule has 2 aliphatic rings. The van der Waals surface area contributed by atoms with Crippen molar-refractivity contribution in [2.24, 2.45) is 5.92 Å². The zero-order chi connectivity index (χ0) is 27.8. The third-order valence-corrected chi connectivity index (χ3v) is 8.99. The summed E-state index contributed by atoms with van der Waals surface area (Å²) < 4.78 is 26.8. The molecule has 1 aliphatic carbocycles. The molecule has 0 aromatic carbocycles. The first kappa shape index (κ1) is 27.2. The Morgan fingerprint density at radius 3 is 2.51 bits per heavy atom. The zero-order valence-corrected chi connectivity index (χ0v) is 23.7. The molecule has 1 saturated heterocycles. The molecule has 0 atom stereocenters. The second-order valence-corrected chi connectivity index (χ2v) is 13.0. The van der Waals surface area contributed by atoms with Crippen LogP contribution in [0.3, 0.4) is 0 Å². The normalized spacial score (nSPS) is 17.2. The molecule has 5 rings (SSSR count). The molecule has 2 N–H and O–H groups in total. The first-order valence-corrected chi connectivity index (χ1v) is 15.1. The number of sulfonamides is 1. The van der Waals surface area contributed by atoms with E-state index in [9.17, 15) is 8.42 Å². The summed E-state index contributed by atoms with van der Waals surface area (Å²) >= 11 is 0. The van der Waals surface area contributed by atoms with Crippen molar-refractivity contribution >= 4 is 21.7 Å². The van der Waals surface area contributed by atoms with E-state index in [2.05, 4.69) is 44.4 Å². The fourth-order valence-corrected chi connectivity index (χ4v) is 5.92. The van der Waals surface area contributed by atoms with Gasteiger partial charge in [0.05, 0.1) is 41.8 Å². The van der Waals surface area contributed by atoms with E-state index in [0.717, 1.165) is 23.0 Å². The summed E-state index contributed by atoms with van der Waals surface area (Å²) in [6, 6.07) is 4.09. The van der Waals surface area contributed by atoms with Crippen LogP contribution in [0.1, 0.15) is 50.9 Å². The molecule has 1 saturated carbocycles. The lowest BCUT2D eigenvalue weighted by Crippen LogP contribution is -2.42. The van der Waals surface area contributed by atoms with Gasteiger partial charge in [-0.2, -0.15) is 5.10 Å². The fourth-order valence-electron chi connectivity index (χ4n) is 5.04. The molecule has 11 nitrogen and oxygen atoms in total. The Kier molecular flexibility index (Phi) is 7.41. The van der Waals surface area contributed by atoms with Crippen molar-refractivity contribution in [2.45, 2.75) is 64.6 Å². The molecule has 0 amide bonds. The Morgan fingerprint density at radius 2 is 1.87 bits per heavy atom. The number of nitrogens with zero attached hydrogens (tertiary/aromatic N) is 7. The summed E-state index contributed by atoms with van der Waals surface area (Å²) in [6.45, 7) is 15.7. The largest absolute Gasteiger partial charge is 0.351 e. The monoisotopic (exact) mass is 549 g/mol. The first-order chi connectivity index (χ1) is 18.5. The number of rotatable bonds is 9. The Hall–Kier alpha value is -3.40. The fraction of sp³-hybridized carbons (Fsp3) is 0.519. The average Bonchev–Trinajstić information content (AvgIpc) is 3.66. The van der Waals surface area contributed by atoms with Crippen molar-refractivity contribution in [1.29, 1.82) is 0 Å². The van der Waals surface area contributed by atoms with Crippen LogP contribution in [0.5, 0.6) is 0 Å². The number of anilines is 1. The van der Waals surface area contributed by atoms with Crippen molar-refractivity contribution in [2.75, 3.05) is 24.7 Å². The van der Waals surface area contributed by atoms with Crippen LogP contribution in [0.4, 0.5) is 11.6 Å². The third kappa shape index (κ3) is 6.27. The zero-order valence-electron chi connectivity index (χ0n) is 22.8. The van der Waals surface area contributed by atoms with Crippen LogP contribution in [-0.4, -0.2) is 68.4 Å². The molecule has 0 spiro atoms. The van der Waals surface area contributed by atoms with Crippen LogP contribution < -0.4 is 10.6 Å². The highest BCUT2D eigenvalue weighted by molar-refractivity contribution is 7.88. The van der Waals surface area contributed by atoms with E-state index in [-0.39, 0.29) is 11.6 Å². The molecule has 1 aliphatic heterocycles. The van der Waals surface area contributed by atoms with Crippen LogP contribution >= 0.6 is 0 Å². The maximum Gasteiger partial charge on any atom is 0.231 e. The van der Waals surface area contributed by atoms with Crippen LogP contribution in [-0.2, 0) is 16.6 Å². The summed E-state index contributed by atoms with van der Waals surface area (Å²) in [5.74, 6) is 1.15. The predicted molar refractivity (Wildman–Crippen MR) is 150 cm³/mol. The van der Waals surface area contributed by atoms with Gasteiger partial charge in [0.1, 0.15) is 0 Å². The molecule has 0 unspecified atom stereocenters. The van der Waals surface area contributed by atoms with Crippen molar-refractivity contribution in [3.63, 3.8) is 0 Å². The highest BCUT2D eigenvalue weighted by Crippen LogP contribution is 2.39. The van der Waals surface area contributed by atoms with Gasteiger partial charge in [-0.25, -0.2) is 32.2 Å². The number of piperidine rings is 1. The average molecular weight is 550 g/mol. The van der Waals surface area contributed by atoms with Crippen molar-refractivity contribution in [1.82, 2.24) is 34.4 Å². The summed E-state index contributed by atoms with van der Waals surface area (Å²) in [7, 11) is -3.19. The standard InChI is InChI=1S/C27H35N9O2S/c1-18-24(9-8-22(32-18)15-30-27(2,3)20-6-7-20)36-17-19(14-31-36)25-23(28-4)16-29-26(34-25)33-21-10-12-35(13-11-21)39(5,37)38/h8-9,14,16-17,20-21,30H,6-7,10-13,15H2,1-3,5H3,(H,29,33,34). The van der Waals surface area contributed by atoms with E-state index >= 15 is 0 Å². The van der Waals surface area contributed by atoms with Crippen molar-refractivity contribution in [3.8, 4) is 16.9 Å². The van der Waals surface area contributed by atoms with Gasteiger partial charge in [-0.15, -0.1) is 0 Å². The summed E-state index contributed by atoms with van der Waals surface area (Å²) in [5.41, 5.74) is 4.36. The molecule has 0 radical (unpaired) electrons. The molecule has 3 aromatic rings. The Balaban J connectivity index is 1.30. The van der Waals surface area contributed by atoms with Gasteiger partial charge in [0.2, 0.25) is 21.7 Å². The Labute approximate surface area is 229 Å². The molecule has 12 heteroatoms. The van der Waals surface area contributed by atoms with Crippen LogP contribution in [0.15, 0.2) is 30.7 Å². The molecule has 3 aromatic heterocycles. The van der Waals surface area contributed by atoms with Crippen molar-refractivity contribution in [3.05, 3.63) is 53.5 Å². The van der Waals surface area contributed by atoms with Gasteiger partial charge in [0, 0.05) is 49.2 Å². The SMILES string of the molecule is [C-]#[N+]c1cnc(NC2CCN(S(C)(=O)=O)CC2)nc1-c1cnn(-c2ccc(CNC(C)(C)C3CC3)nc2C)c1. The Bertz CT molecular complexity index is 1500. The highest BCUT2D eigenvalue weighted by atomic mass is 32.2. The quantitative estimate of drug-likeness (QED) is 0.388. The molecule has 206 valence electrons. The molecule has 2 fully saturated rings. The number of pyridine rings is 1. The highest BCUT2D eigenvalue weighted by Gasteiger charge is 2.37. The molecule has 0 bridgehead atoms. The van der Waals surface area contributed by atoms with Gasteiger partial charge in [0.15, 0.2) is 0 Å². The van der Waals surface area contributed by atoms with Gasteiger partial charge < -0.3 is 10.6 Å². The maximum absolute atomic E-state index is 11.8. The van der Waals surface area contributed by atoms with Gasteiger partial charge in [-0.3, -0.25) is 4.98 Å². The van der Waals surface area contributed by atoms with Crippen LogP contribution in [0, 0.1) is 19.4 Å². The number of aromatic nitrogens is 5. The number of aryl methyl sites for hydroxylation is 1. The number of nitrogens with one attached hydrogen (secondary N) is 2. The lowest BCUT2D eigenvalue weighted by Gasteiger charge is -2.30. The first-order valence-electron chi connectivity index (χ1n) is 13.3. The van der Waals surface area contributed by atoms with E-state index in [1.807, 2.05) is 25.3 Å². The second kappa shape index (κ2) is 10.6. The van der Waals surface area contributed by atoms with E-state index < -0.39 is 10.0 Å². The minimum Gasteiger partial charge on any atom is -0.351 e. The summed E-state index contributed by atoms with van der Waals surface area (Å²) in [5, 5.41) is 11.5. The van der Waals surface area contributed by atoms with Crippen LogP contribution in [0.25, 0.3) is 21.8 Å². The predicted octanol–water partition coefficient (Wildman–Crippen LogP) is 3.70. The molecule has 39 heavy (non-hydrogen) atoms. The Morgan fingerprint density at radius 1 is 1.13 bits per heavy atom. The lowest BCUT2D eigenvalue weighted by molar-refractivity contribution is 0.331. The second-order valence-electron chi connectivity index (χ2n) is 11.1. The molecular weight excluding hydrogens is 514 g/mol. The van der Waals surface area contributed by atoms with E-state index in [1.54, 1.807) is 10.9 Å². The smallest absolute Gasteiger partial charge is 0.231 e. The van der Waals surface area contributed by atoms with Crippen molar-refractivity contribution < 1.29 is 8.42 Å². The minimum absolute atomic E-state index is 0.0499. The number of hydrogen-bond donors (Lipinski definition) is 2. The topological polar surface area (TPSA) is 122 Å². The van der Waals surface area contributed by atoms with Crippen LogP contribution in [0.2, 0.25) is 0 Å². The van der Waals surface area contributed by atoms with E-state index in [1.165, 1.54) is 29.6 Å². The summed E-state index contributed by atoms with van der Waals surface area (Å²) in [6.07, 6.45) is 10.2. The third-order valence-electron chi connectivity index (χ3n) is 7.69. The summed E-state index contributed by atoms with van der Waals surface area (Å²) in [4.78, 5) is 17.4. The number of hydrogen-bond acceptors (Lipinski definition) is 8. The lowest BCUT2D eigenvalue weighted by atomic mass is 9.99.